The molecule has 29 heavy (non-hydrogen) atoms. The standard InChI is InChI=1S/C22H22F2N4O/c1-2-29-21-6-4-3-5-15(21)13-28-10-9-19-16(14-28)12-25-22(26-19)27-20-8-7-17(23)11-18(20)24/h3-8,11-12H,2,9-10,13-14H2,1H3,(H,25,26,27). The minimum atomic E-state index is -0.676. The van der Waals surface area contributed by atoms with Crippen molar-refractivity contribution in [2.45, 2.75) is 26.4 Å². The Hall–Kier alpha value is -3.06. The number of anilines is 2. The van der Waals surface area contributed by atoms with Crippen molar-refractivity contribution in [2.24, 2.45) is 0 Å². The van der Waals surface area contributed by atoms with Crippen LogP contribution < -0.4 is 10.1 Å². The van der Waals surface area contributed by atoms with E-state index in [0.717, 1.165) is 54.7 Å². The van der Waals surface area contributed by atoms with E-state index in [4.69, 9.17) is 4.74 Å². The molecule has 0 unspecified atom stereocenters. The van der Waals surface area contributed by atoms with Gasteiger partial charge in [0.2, 0.25) is 5.95 Å². The van der Waals surface area contributed by atoms with E-state index < -0.39 is 11.6 Å². The summed E-state index contributed by atoms with van der Waals surface area (Å²) in [4.78, 5) is 11.2. The zero-order valence-electron chi connectivity index (χ0n) is 16.2. The second kappa shape index (κ2) is 8.53. The van der Waals surface area contributed by atoms with Crippen LogP contribution in [0.2, 0.25) is 0 Å². The predicted octanol–water partition coefficient (Wildman–Crippen LogP) is 4.46. The summed E-state index contributed by atoms with van der Waals surface area (Å²) in [5, 5.41) is 2.83. The summed E-state index contributed by atoms with van der Waals surface area (Å²) in [6.45, 7) is 5.00. The van der Waals surface area contributed by atoms with E-state index in [-0.39, 0.29) is 5.69 Å². The highest BCUT2D eigenvalue weighted by Gasteiger charge is 2.20. The van der Waals surface area contributed by atoms with Crippen LogP contribution in [0.25, 0.3) is 0 Å². The first kappa shape index (κ1) is 19.3. The van der Waals surface area contributed by atoms with E-state index in [1.54, 1.807) is 6.20 Å². The largest absolute Gasteiger partial charge is 0.494 e. The number of halogens is 2. The molecule has 0 spiro atoms. The fourth-order valence-electron chi connectivity index (χ4n) is 3.45. The fraction of sp³-hybridized carbons (Fsp3) is 0.273. The molecule has 0 bridgehead atoms. The maximum atomic E-state index is 13.8. The molecule has 150 valence electrons. The van der Waals surface area contributed by atoms with Gasteiger partial charge in [0.25, 0.3) is 0 Å². The van der Waals surface area contributed by atoms with Crippen molar-refractivity contribution >= 4 is 11.6 Å². The highest BCUT2D eigenvalue weighted by Crippen LogP contribution is 2.25. The number of para-hydroxylation sites is 1. The molecule has 1 aromatic heterocycles. The predicted molar refractivity (Wildman–Crippen MR) is 107 cm³/mol. The van der Waals surface area contributed by atoms with E-state index in [2.05, 4.69) is 26.3 Å². The Labute approximate surface area is 168 Å². The molecule has 0 saturated heterocycles. The first-order valence-corrected chi connectivity index (χ1v) is 9.62. The van der Waals surface area contributed by atoms with Gasteiger partial charge in [0.05, 0.1) is 18.0 Å². The van der Waals surface area contributed by atoms with Crippen molar-refractivity contribution in [3.8, 4) is 5.75 Å². The van der Waals surface area contributed by atoms with Gasteiger partial charge < -0.3 is 10.1 Å². The van der Waals surface area contributed by atoms with Gasteiger partial charge in [-0.15, -0.1) is 0 Å². The van der Waals surface area contributed by atoms with Crippen molar-refractivity contribution in [1.29, 1.82) is 0 Å². The minimum Gasteiger partial charge on any atom is -0.494 e. The Morgan fingerprint density at radius 2 is 2.03 bits per heavy atom. The highest BCUT2D eigenvalue weighted by atomic mass is 19.1. The van der Waals surface area contributed by atoms with E-state index >= 15 is 0 Å². The van der Waals surface area contributed by atoms with E-state index in [9.17, 15) is 8.78 Å². The SMILES string of the molecule is CCOc1ccccc1CN1CCc2nc(Nc3ccc(F)cc3F)ncc2C1. The molecule has 1 N–H and O–H groups in total. The molecule has 0 atom stereocenters. The number of benzene rings is 2. The highest BCUT2D eigenvalue weighted by molar-refractivity contribution is 5.54. The first-order valence-electron chi connectivity index (χ1n) is 9.62. The van der Waals surface area contributed by atoms with Crippen LogP contribution in [-0.2, 0) is 19.5 Å². The second-order valence-electron chi connectivity index (χ2n) is 6.92. The Kier molecular flexibility index (Phi) is 5.67. The van der Waals surface area contributed by atoms with Crippen molar-refractivity contribution in [3.63, 3.8) is 0 Å². The summed E-state index contributed by atoms with van der Waals surface area (Å²) in [6.07, 6.45) is 2.54. The molecular weight excluding hydrogens is 374 g/mol. The van der Waals surface area contributed by atoms with Gasteiger partial charge in [-0.05, 0) is 25.1 Å². The molecule has 2 aromatic carbocycles. The van der Waals surface area contributed by atoms with Gasteiger partial charge in [0.15, 0.2) is 0 Å². The number of nitrogens with one attached hydrogen (secondary N) is 1. The maximum Gasteiger partial charge on any atom is 0.227 e. The van der Waals surface area contributed by atoms with Crippen molar-refractivity contribution in [3.05, 3.63) is 77.1 Å². The van der Waals surface area contributed by atoms with Crippen LogP contribution in [0, 0.1) is 11.6 Å². The van der Waals surface area contributed by atoms with Gasteiger partial charge in [-0.1, -0.05) is 18.2 Å². The third kappa shape index (κ3) is 4.51. The van der Waals surface area contributed by atoms with Crippen molar-refractivity contribution in [2.75, 3.05) is 18.5 Å². The lowest BCUT2D eigenvalue weighted by atomic mass is 10.1. The number of hydrogen-bond acceptors (Lipinski definition) is 5. The quantitative estimate of drug-likeness (QED) is 0.667. The monoisotopic (exact) mass is 396 g/mol. The number of rotatable bonds is 6. The summed E-state index contributed by atoms with van der Waals surface area (Å²) in [6, 6.07) is 11.4. The third-order valence-corrected chi connectivity index (χ3v) is 4.86. The molecule has 0 saturated carbocycles. The number of nitrogens with zero attached hydrogens (tertiary/aromatic N) is 3. The first-order chi connectivity index (χ1) is 14.1. The molecule has 0 radical (unpaired) electrons. The molecule has 4 rings (SSSR count). The van der Waals surface area contributed by atoms with Gasteiger partial charge in [-0.2, -0.15) is 0 Å². The number of hydrogen-bond donors (Lipinski definition) is 1. The van der Waals surface area contributed by atoms with Crippen LogP contribution in [0.3, 0.4) is 0 Å². The van der Waals surface area contributed by atoms with E-state index in [1.807, 2.05) is 25.1 Å². The molecule has 0 amide bonds. The number of ether oxygens (including phenoxy) is 1. The molecule has 5 nitrogen and oxygen atoms in total. The summed E-state index contributed by atoms with van der Waals surface area (Å²) in [5.41, 5.74) is 3.30. The fourth-order valence-corrected chi connectivity index (χ4v) is 3.45. The zero-order chi connectivity index (χ0) is 20.2. The summed E-state index contributed by atoms with van der Waals surface area (Å²) in [5.74, 6) is -0.0711. The Bertz CT molecular complexity index is 1010. The molecule has 7 heteroatoms. The smallest absolute Gasteiger partial charge is 0.227 e. The molecule has 3 aromatic rings. The minimum absolute atomic E-state index is 0.149. The number of aromatic nitrogens is 2. The Balaban J connectivity index is 1.46. The Morgan fingerprint density at radius 1 is 1.17 bits per heavy atom. The Morgan fingerprint density at radius 3 is 2.86 bits per heavy atom. The van der Waals surface area contributed by atoms with Gasteiger partial charge in [-0.3, -0.25) is 4.90 Å². The molecular formula is C22H22F2N4O. The molecule has 0 fully saturated rings. The van der Waals surface area contributed by atoms with Crippen molar-refractivity contribution in [1.82, 2.24) is 14.9 Å². The van der Waals surface area contributed by atoms with Crippen LogP contribution in [-0.4, -0.2) is 28.0 Å². The van der Waals surface area contributed by atoms with Crippen LogP contribution in [0.15, 0.2) is 48.7 Å². The molecule has 1 aliphatic rings. The van der Waals surface area contributed by atoms with Gasteiger partial charge >= 0.3 is 0 Å². The van der Waals surface area contributed by atoms with Gasteiger partial charge in [0, 0.05) is 49.4 Å². The third-order valence-electron chi connectivity index (χ3n) is 4.86. The lowest BCUT2D eigenvalue weighted by Crippen LogP contribution is -2.31. The summed E-state index contributed by atoms with van der Waals surface area (Å²) < 4.78 is 32.6. The lowest BCUT2D eigenvalue weighted by molar-refractivity contribution is 0.237. The van der Waals surface area contributed by atoms with Gasteiger partial charge in [0.1, 0.15) is 17.4 Å². The van der Waals surface area contributed by atoms with E-state index in [1.165, 1.54) is 12.1 Å². The topological polar surface area (TPSA) is 50.3 Å². The molecule has 2 heterocycles. The second-order valence-corrected chi connectivity index (χ2v) is 6.92. The normalized spacial score (nSPS) is 13.8. The van der Waals surface area contributed by atoms with Crippen LogP contribution in [0.4, 0.5) is 20.4 Å². The summed E-state index contributed by atoms with van der Waals surface area (Å²) >= 11 is 0. The molecule has 0 aliphatic carbocycles. The van der Waals surface area contributed by atoms with Crippen LogP contribution in [0.1, 0.15) is 23.7 Å². The average molecular weight is 396 g/mol. The summed E-state index contributed by atoms with van der Waals surface area (Å²) in [7, 11) is 0. The lowest BCUT2D eigenvalue weighted by Gasteiger charge is -2.28. The maximum absolute atomic E-state index is 13.8. The van der Waals surface area contributed by atoms with Gasteiger partial charge in [-0.25, -0.2) is 18.7 Å². The van der Waals surface area contributed by atoms with E-state index in [0.29, 0.717) is 12.6 Å². The van der Waals surface area contributed by atoms with Crippen LogP contribution in [0.5, 0.6) is 5.75 Å². The van der Waals surface area contributed by atoms with Crippen molar-refractivity contribution < 1.29 is 13.5 Å². The van der Waals surface area contributed by atoms with Crippen LogP contribution >= 0.6 is 0 Å². The number of fused-ring (bicyclic) bond motifs is 1. The zero-order valence-corrected chi connectivity index (χ0v) is 16.2. The average Bonchev–Trinajstić information content (AvgIpc) is 2.72. The molecule has 1 aliphatic heterocycles.